The number of aromatic nitrogens is 3. The third-order valence-corrected chi connectivity index (χ3v) is 3.25. The minimum atomic E-state index is 0. The van der Waals surface area contributed by atoms with Gasteiger partial charge in [0.15, 0.2) is 11.8 Å². The molecule has 2 aromatic rings. The van der Waals surface area contributed by atoms with Crippen LogP contribution in [0, 0.1) is 12.3 Å². The summed E-state index contributed by atoms with van der Waals surface area (Å²) >= 11 is 3.41. The molecule has 23 heavy (non-hydrogen) atoms. The Labute approximate surface area is 161 Å². The molecule has 0 saturated heterocycles. The van der Waals surface area contributed by atoms with Crippen LogP contribution in [0.2, 0.25) is 0 Å². The lowest BCUT2D eigenvalue weighted by Crippen LogP contribution is -2.37. The fourth-order valence-electron chi connectivity index (χ4n) is 1.72. The van der Waals surface area contributed by atoms with Crippen LogP contribution in [-0.4, -0.2) is 34.2 Å². The SMILES string of the molecule is C#CCNC(=NCc1nc(-c2ccc(Br)cc2)n[nH]1)NCC.I. The minimum Gasteiger partial charge on any atom is -0.357 e. The van der Waals surface area contributed by atoms with Crippen LogP contribution in [0.5, 0.6) is 0 Å². The highest BCUT2D eigenvalue weighted by molar-refractivity contribution is 14.0. The van der Waals surface area contributed by atoms with Crippen molar-refractivity contribution in [2.45, 2.75) is 13.5 Å². The quantitative estimate of drug-likeness (QED) is 0.261. The number of rotatable bonds is 5. The van der Waals surface area contributed by atoms with Crippen molar-refractivity contribution in [3.05, 3.63) is 34.6 Å². The minimum absolute atomic E-state index is 0. The van der Waals surface area contributed by atoms with Crippen molar-refractivity contribution in [1.29, 1.82) is 0 Å². The summed E-state index contributed by atoms with van der Waals surface area (Å²) in [7, 11) is 0. The standard InChI is InChI=1S/C15H17BrN6.HI/c1-3-9-18-15(17-4-2)19-10-13-20-14(22-21-13)11-5-7-12(16)8-6-11;/h1,5-8H,4,9-10H2,2H3,(H2,17,18,19)(H,20,21,22);1H. The van der Waals surface area contributed by atoms with Gasteiger partial charge >= 0.3 is 0 Å². The summed E-state index contributed by atoms with van der Waals surface area (Å²) < 4.78 is 1.02. The molecular formula is C15H18BrIN6. The first kappa shape index (κ1) is 19.4. The number of guanidine groups is 1. The van der Waals surface area contributed by atoms with E-state index in [1.54, 1.807) is 0 Å². The second-order valence-corrected chi connectivity index (χ2v) is 5.28. The number of benzene rings is 1. The number of halogens is 2. The summed E-state index contributed by atoms with van der Waals surface area (Å²) in [5.74, 6) is 4.51. The first-order chi connectivity index (χ1) is 10.7. The maximum absolute atomic E-state index is 5.23. The Morgan fingerprint density at radius 2 is 2.09 bits per heavy atom. The molecule has 3 N–H and O–H groups in total. The van der Waals surface area contributed by atoms with Crippen LogP contribution in [0.1, 0.15) is 12.7 Å². The summed E-state index contributed by atoms with van der Waals surface area (Å²) in [6.45, 7) is 3.57. The van der Waals surface area contributed by atoms with E-state index in [-0.39, 0.29) is 24.0 Å². The van der Waals surface area contributed by atoms with Gasteiger partial charge in [-0.1, -0.05) is 34.0 Å². The highest BCUT2D eigenvalue weighted by Crippen LogP contribution is 2.18. The summed E-state index contributed by atoms with van der Waals surface area (Å²) in [6, 6.07) is 7.82. The van der Waals surface area contributed by atoms with E-state index in [4.69, 9.17) is 6.42 Å². The number of hydrogen-bond acceptors (Lipinski definition) is 3. The molecule has 0 unspecified atom stereocenters. The van der Waals surface area contributed by atoms with E-state index in [2.05, 4.69) is 52.7 Å². The number of aromatic amines is 1. The predicted molar refractivity (Wildman–Crippen MR) is 107 cm³/mol. The molecule has 1 aromatic carbocycles. The van der Waals surface area contributed by atoms with Crippen molar-refractivity contribution in [3.8, 4) is 23.7 Å². The summed E-state index contributed by atoms with van der Waals surface area (Å²) in [6.07, 6.45) is 5.23. The van der Waals surface area contributed by atoms with Crippen molar-refractivity contribution in [3.63, 3.8) is 0 Å². The number of aliphatic imine (C=N–C) groups is 1. The van der Waals surface area contributed by atoms with E-state index in [9.17, 15) is 0 Å². The molecule has 0 saturated carbocycles. The molecule has 1 aromatic heterocycles. The molecule has 1 heterocycles. The molecule has 2 rings (SSSR count). The van der Waals surface area contributed by atoms with Crippen LogP contribution >= 0.6 is 39.9 Å². The van der Waals surface area contributed by atoms with Crippen molar-refractivity contribution in [2.24, 2.45) is 4.99 Å². The number of nitrogens with zero attached hydrogens (tertiary/aromatic N) is 3. The molecular weight excluding hydrogens is 471 g/mol. The zero-order valence-corrected chi connectivity index (χ0v) is 16.6. The van der Waals surface area contributed by atoms with Crippen LogP contribution in [-0.2, 0) is 6.54 Å². The highest BCUT2D eigenvalue weighted by atomic mass is 127. The molecule has 0 bridgehead atoms. The number of terminal acetylenes is 1. The molecule has 0 aliphatic rings. The van der Waals surface area contributed by atoms with Gasteiger partial charge < -0.3 is 10.6 Å². The number of nitrogens with one attached hydrogen (secondary N) is 3. The third-order valence-electron chi connectivity index (χ3n) is 2.72. The average Bonchev–Trinajstić information content (AvgIpc) is 3.00. The summed E-state index contributed by atoms with van der Waals surface area (Å²) in [4.78, 5) is 8.84. The normalized spacial score (nSPS) is 10.6. The van der Waals surface area contributed by atoms with E-state index < -0.39 is 0 Å². The van der Waals surface area contributed by atoms with Gasteiger partial charge in [0.1, 0.15) is 12.4 Å². The molecule has 122 valence electrons. The second kappa shape index (κ2) is 10.2. The number of H-pyrrole nitrogens is 1. The molecule has 0 amide bonds. The molecule has 8 heteroatoms. The molecule has 0 fully saturated rings. The van der Waals surface area contributed by atoms with Gasteiger partial charge in [-0.25, -0.2) is 9.98 Å². The summed E-state index contributed by atoms with van der Waals surface area (Å²) in [5, 5.41) is 13.2. The van der Waals surface area contributed by atoms with Gasteiger partial charge in [-0.3, -0.25) is 5.10 Å². The zero-order valence-electron chi connectivity index (χ0n) is 12.6. The zero-order chi connectivity index (χ0) is 15.8. The van der Waals surface area contributed by atoms with Gasteiger partial charge in [0.2, 0.25) is 0 Å². The van der Waals surface area contributed by atoms with Crippen LogP contribution in [0.25, 0.3) is 11.4 Å². The van der Waals surface area contributed by atoms with Gasteiger partial charge in [-0.15, -0.1) is 30.4 Å². The van der Waals surface area contributed by atoms with Gasteiger partial charge in [0, 0.05) is 16.6 Å². The first-order valence-corrected chi connectivity index (χ1v) is 7.65. The van der Waals surface area contributed by atoms with Crippen LogP contribution in [0.3, 0.4) is 0 Å². The summed E-state index contributed by atoms with van der Waals surface area (Å²) in [5.41, 5.74) is 0.951. The molecule has 0 atom stereocenters. The topological polar surface area (TPSA) is 78.0 Å². The van der Waals surface area contributed by atoms with Crippen molar-refractivity contribution in [1.82, 2.24) is 25.8 Å². The Hall–Kier alpha value is -1.60. The van der Waals surface area contributed by atoms with Gasteiger partial charge in [-0.2, -0.15) is 5.10 Å². The molecule has 6 nitrogen and oxygen atoms in total. The maximum atomic E-state index is 5.23. The Morgan fingerprint density at radius 3 is 2.74 bits per heavy atom. The highest BCUT2D eigenvalue weighted by Gasteiger charge is 2.05. The van der Waals surface area contributed by atoms with Crippen LogP contribution < -0.4 is 10.6 Å². The van der Waals surface area contributed by atoms with E-state index in [0.717, 1.165) is 16.6 Å². The maximum Gasteiger partial charge on any atom is 0.192 e. The van der Waals surface area contributed by atoms with Gasteiger partial charge in [0.05, 0.1) is 6.54 Å². The predicted octanol–water partition coefficient (Wildman–Crippen LogP) is 2.54. The van der Waals surface area contributed by atoms with Crippen molar-refractivity contribution in [2.75, 3.05) is 13.1 Å². The lowest BCUT2D eigenvalue weighted by Gasteiger charge is -2.07. The fraction of sp³-hybridized carbons (Fsp3) is 0.267. The van der Waals surface area contributed by atoms with E-state index >= 15 is 0 Å². The Balaban J connectivity index is 0.00000264. The Kier molecular flexibility index (Phi) is 8.65. The second-order valence-electron chi connectivity index (χ2n) is 4.37. The van der Waals surface area contributed by atoms with Crippen molar-refractivity contribution < 1.29 is 0 Å². The van der Waals surface area contributed by atoms with Crippen molar-refractivity contribution >= 4 is 45.9 Å². The van der Waals surface area contributed by atoms with Crippen LogP contribution in [0.15, 0.2) is 33.7 Å². The van der Waals surface area contributed by atoms with E-state index in [1.165, 1.54) is 0 Å². The fourth-order valence-corrected chi connectivity index (χ4v) is 1.99. The molecule has 0 spiro atoms. The van der Waals surface area contributed by atoms with Gasteiger partial charge in [-0.05, 0) is 19.1 Å². The first-order valence-electron chi connectivity index (χ1n) is 6.85. The average molecular weight is 489 g/mol. The smallest absolute Gasteiger partial charge is 0.192 e. The lowest BCUT2D eigenvalue weighted by atomic mass is 10.2. The Morgan fingerprint density at radius 1 is 1.35 bits per heavy atom. The van der Waals surface area contributed by atoms with E-state index in [1.807, 2.05) is 31.2 Å². The largest absolute Gasteiger partial charge is 0.357 e. The van der Waals surface area contributed by atoms with E-state index in [0.29, 0.717) is 30.7 Å². The lowest BCUT2D eigenvalue weighted by molar-refractivity contribution is 0.843. The molecule has 0 aliphatic carbocycles. The molecule has 0 aliphatic heterocycles. The number of hydrogen-bond donors (Lipinski definition) is 3. The van der Waals surface area contributed by atoms with Gasteiger partial charge in [0.25, 0.3) is 0 Å². The Bertz CT molecular complexity index is 674. The third kappa shape index (κ3) is 6.19. The molecule has 0 radical (unpaired) electrons. The van der Waals surface area contributed by atoms with Crippen LogP contribution in [0.4, 0.5) is 0 Å². The monoisotopic (exact) mass is 488 g/mol.